The Morgan fingerprint density at radius 1 is 1.45 bits per heavy atom. The highest BCUT2D eigenvalue weighted by Crippen LogP contribution is 2.19. The normalized spacial score (nSPS) is 14.0. The molecule has 0 aliphatic carbocycles. The summed E-state index contributed by atoms with van der Waals surface area (Å²) >= 11 is 3.42. The van der Waals surface area contributed by atoms with Gasteiger partial charge in [-0.25, -0.2) is 4.79 Å². The minimum atomic E-state index is -1.24. The van der Waals surface area contributed by atoms with Crippen molar-refractivity contribution in [1.29, 1.82) is 0 Å². The molecule has 0 aliphatic heterocycles. The van der Waals surface area contributed by atoms with E-state index >= 15 is 0 Å². The third kappa shape index (κ3) is 4.20. The number of carbonyl (C=O) groups excluding carboxylic acids is 1. The summed E-state index contributed by atoms with van der Waals surface area (Å²) in [7, 11) is 0. The minimum Gasteiger partial charge on any atom is -0.480 e. The van der Waals surface area contributed by atoms with Crippen LogP contribution in [0.2, 0.25) is 0 Å². The Balaban J connectivity index is 2.80. The lowest BCUT2D eigenvalue weighted by Gasteiger charge is -2.23. The number of aliphatic carboxylic acids is 1. The molecule has 5 heteroatoms. The molecule has 1 rings (SSSR count). The van der Waals surface area contributed by atoms with Crippen LogP contribution < -0.4 is 5.32 Å². The molecule has 1 aromatic rings. The first-order valence-corrected chi connectivity index (χ1v) is 7.07. The van der Waals surface area contributed by atoms with E-state index in [1.807, 2.05) is 25.1 Å². The van der Waals surface area contributed by atoms with Crippen molar-refractivity contribution >= 4 is 33.9 Å². The molecule has 4 nitrogen and oxygen atoms in total. The first kappa shape index (κ1) is 16.4. The Hall–Kier alpha value is -1.62. The predicted octanol–water partition coefficient (Wildman–Crippen LogP) is 3.14. The minimum absolute atomic E-state index is 0.316. The van der Waals surface area contributed by atoms with Gasteiger partial charge in [-0.05, 0) is 43.5 Å². The van der Waals surface area contributed by atoms with Gasteiger partial charge in [-0.15, -0.1) is 0 Å². The molecule has 20 heavy (non-hydrogen) atoms. The molecule has 0 heterocycles. The summed E-state index contributed by atoms with van der Waals surface area (Å²) in [5, 5.41) is 11.6. The summed E-state index contributed by atoms with van der Waals surface area (Å²) in [4.78, 5) is 22.9. The van der Waals surface area contributed by atoms with Crippen molar-refractivity contribution in [3.05, 3.63) is 39.9 Å². The maximum atomic E-state index is 11.8. The number of nitrogens with one attached hydrogen (secondary N) is 1. The zero-order valence-electron chi connectivity index (χ0n) is 11.7. The third-order valence-electron chi connectivity index (χ3n) is 3.15. The number of amides is 1. The van der Waals surface area contributed by atoms with Crippen molar-refractivity contribution in [3.63, 3.8) is 0 Å². The molecule has 0 aliphatic rings. The number of rotatable bonds is 5. The molecule has 0 aromatic heterocycles. The Morgan fingerprint density at radius 2 is 2.10 bits per heavy atom. The van der Waals surface area contributed by atoms with Crippen LogP contribution in [0.4, 0.5) is 0 Å². The van der Waals surface area contributed by atoms with Gasteiger partial charge in [0.15, 0.2) is 0 Å². The number of halogens is 1. The van der Waals surface area contributed by atoms with E-state index in [0.29, 0.717) is 6.42 Å². The van der Waals surface area contributed by atoms with E-state index in [1.165, 1.54) is 13.0 Å². The lowest BCUT2D eigenvalue weighted by molar-refractivity contribution is -0.146. The van der Waals surface area contributed by atoms with Crippen LogP contribution in [0.5, 0.6) is 0 Å². The average Bonchev–Trinajstić information content (AvgIpc) is 2.37. The van der Waals surface area contributed by atoms with Gasteiger partial charge >= 0.3 is 5.97 Å². The van der Waals surface area contributed by atoms with Crippen LogP contribution in [0.1, 0.15) is 31.4 Å². The van der Waals surface area contributed by atoms with E-state index in [9.17, 15) is 9.59 Å². The molecular formula is C15H18BrNO3. The Morgan fingerprint density at radius 3 is 2.60 bits per heavy atom. The quantitative estimate of drug-likeness (QED) is 0.810. The highest BCUT2D eigenvalue weighted by atomic mass is 79.9. The number of hydrogen-bond donors (Lipinski definition) is 2. The van der Waals surface area contributed by atoms with Gasteiger partial charge < -0.3 is 10.4 Å². The van der Waals surface area contributed by atoms with E-state index < -0.39 is 17.4 Å². The van der Waals surface area contributed by atoms with Crippen molar-refractivity contribution in [3.8, 4) is 0 Å². The van der Waals surface area contributed by atoms with Gasteiger partial charge in [0.25, 0.3) is 0 Å². The molecule has 2 N–H and O–H groups in total. The van der Waals surface area contributed by atoms with Crippen molar-refractivity contribution in [1.82, 2.24) is 5.32 Å². The first-order valence-electron chi connectivity index (χ1n) is 6.28. The van der Waals surface area contributed by atoms with Crippen molar-refractivity contribution in [2.75, 3.05) is 0 Å². The van der Waals surface area contributed by atoms with Gasteiger partial charge in [0, 0.05) is 10.5 Å². The highest BCUT2D eigenvalue weighted by Gasteiger charge is 2.31. The van der Waals surface area contributed by atoms with Gasteiger partial charge in [0.05, 0.1) is 0 Å². The number of carboxylic acid groups (broad SMARTS) is 1. The molecular weight excluding hydrogens is 322 g/mol. The second-order valence-electron chi connectivity index (χ2n) is 4.84. The Bertz CT molecular complexity index is 554. The molecule has 1 unspecified atom stereocenters. The summed E-state index contributed by atoms with van der Waals surface area (Å²) in [5.41, 5.74) is 0.730. The first-order chi connectivity index (χ1) is 9.28. The van der Waals surface area contributed by atoms with Crippen LogP contribution >= 0.6 is 15.9 Å². The summed E-state index contributed by atoms with van der Waals surface area (Å²) < 4.78 is 0.887. The SMILES string of the molecule is CCC(C)(NC(=O)C=Cc1ccc(C)cc1Br)C(=O)O. The zero-order chi connectivity index (χ0) is 15.3. The van der Waals surface area contributed by atoms with Crippen LogP contribution in [0.3, 0.4) is 0 Å². The number of benzene rings is 1. The lowest BCUT2D eigenvalue weighted by Crippen LogP contribution is -2.51. The molecule has 0 bridgehead atoms. The van der Waals surface area contributed by atoms with Gasteiger partial charge in [-0.3, -0.25) is 4.79 Å². The van der Waals surface area contributed by atoms with Crippen molar-refractivity contribution < 1.29 is 14.7 Å². The lowest BCUT2D eigenvalue weighted by atomic mass is 9.99. The summed E-state index contributed by atoms with van der Waals surface area (Å²) in [5.74, 6) is -1.47. The fraction of sp³-hybridized carbons (Fsp3) is 0.333. The standard InChI is InChI=1S/C15H18BrNO3/c1-4-15(3,14(19)20)17-13(18)8-7-11-6-5-10(2)9-12(11)16/h5-9H,4H2,1-3H3,(H,17,18)(H,19,20). The van der Waals surface area contributed by atoms with E-state index in [-0.39, 0.29) is 0 Å². The van der Waals surface area contributed by atoms with E-state index in [0.717, 1.165) is 15.6 Å². The van der Waals surface area contributed by atoms with E-state index in [2.05, 4.69) is 21.2 Å². The predicted molar refractivity (Wildman–Crippen MR) is 82.4 cm³/mol. The zero-order valence-corrected chi connectivity index (χ0v) is 13.3. The van der Waals surface area contributed by atoms with Crippen LogP contribution in [0, 0.1) is 6.92 Å². The summed E-state index contributed by atoms with van der Waals surface area (Å²) in [6.45, 7) is 5.18. The second-order valence-corrected chi connectivity index (χ2v) is 5.69. The van der Waals surface area contributed by atoms with E-state index in [4.69, 9.17) is 5.11 Å². The van der Waals surface area contributed by atoms with Crippen LogP contribution in [0.15, 0.2) is 28.7 Å². The van der Waals surface area contributed by atoms with Gasteiger partial charge in [0.2, 0.25) is 5.91 Å². The highest BCUT2D eigenvalue weighted by molar-refractivity contribution is 9.10. The topological polar surface area (TPSA) is 66.4 Å². The third-order valence-corrected chi connectivity index (χ3v) is 3.84. The van der Waals surface area contributed by atoms with Crippen LogP contribution in [0.25, 0.3) is 6.08 Å². The maximum Gasteiger partial charge on any atom is 0.329 e. The summed E-state index contributed by atoms with van der Waals surface area (Å²) in [6, 6.07) is 5.78. The van der Waals surface area contributed by atoms with Crippen molar-refractivity contribution in [2.45, 2.75) is 32.7 Å². The van der Waals surface area contributed by atoms with Crippen molar-refractivity contribution in [2.24, 2.45) is 0 Å². The molecule has 0 saturated carbocycles. The number of carboxylic acids is 1. The van der Waals surface area contributed by atoms with Gasteiger partial charge in [0.1, 0.15) is 5.54 Å². The molecule has 0 spiro atoms. The second kappa shape index (κ2) is 6.70. The Kier molecular flexibility index (Phi) is 5.51. The molecule has 0 radical (unpaired) electrons. The molecule has 0 fully saturated rings. The van der Waals surface area contributed by atoms with Gasteiger partial charge in [-0.2, -0.15) is 0 Å². The largest absolute Gasteiger partial charge is 0.480 e. The van der Waals surface area contributed by atoms with Gasteiger partial charge in [-0.1, -0.05) is 35.0 Å². The van der Waals surface area contributed by atoms with Crippen LogP contribution in [-0.2, 0) is 9.59 Å². The number of aryl methyl sites for hydroxylation is 1. The molecule has 1 atom stereocenters. The molecule has 0 saturated heterocycles. The molecule has 1 aromatic carbocycles. The van der Waals surface area contributed by atoms with E-state index in [1.54, 1.807) is 13.0 Å². The van der Waals surface area contributed by atoms with Crippen LogP contribution in [-0.4, -0.2) is 22.5 Å². The summed E-state index contributed by atoms with van der Waals surface area (Å²) in [6.07, 6.45) is 3.30. The maximum absolute atomic E-state index is 11.8. The monoisotopic (exact) mass is 339 g/mol. The average molecular weight is 340 g/mol. The molecule has 108 valence electrons. The fourth-order valence-electron chi connectivity index (χ4n) is 1.54. The smallest absolute Gasteiger partial charge is 0.329 e. The number of hydrogen-bond acceptors (Lipinski definition) is 2. The molecule has 1 amide bonds. The Labute approximate surface area is 127 Å². The number of carbonyl (C=O) groups is 2. The fourth-order valence-corrected chi connectivity index (χ4v) is 2.16.